The highest BCUT2D eigenvalue weighted by molar-refractivity contribution is 5.94. The first kappa shape index (κ1) is 11.9. The third kappa shape index (κ3) is 2.96. The van der Waals surface area contributed by atoms with Crippen molar-refractivity contribution in [2.45, 2.75) is 38.1 Å². The summed E-state index contributed by atoms with van der Waals surface area (Å²) in [4.78, 5) is 11.9. The molecule has 0 heterocycles. The average Bonchev–Trinajstić information content (AvgIpc) is 2.34. The first-order valence-electron chi connectivity index (χ1n) is 6.02. The molecule has 0 saturated heterocycles. The molecule has 0 aliphatic heterocycles. The van der Waals surface area contributed by atoms with Gasteiger partial charge in [-0.3, -0.25) is 4.79 Å². The standard InChI is InChI=1S/C13H17FN2O/c14-11-8-9(6-7-12(11)15)13(17)16-10-4-2-1-3-5-10/h6-8,10H,1-5,15H2,(H,16,17). The zero-order valence-electron chi connectivity index (χ0n) is 9.71. The average molecular weight is 236 g/mol. The third-order valence-electron chi connectivity index (χ3n) is 3.20. The highest BCUT2D eigenvalue weighted by Crippen LogP contribution is 2.18. The van der Waals surface area contributed by atoms with Gasteiger partial charge < -0.3 is 11.1 Å². The number of hydrogen-bond donors (Lipinski definition) is 2. The van der Waals surface area contributed by atoms with Crippen LogP contribution < -0.4 is 11.1 Å². The molecule has 1 fully saturated rings. The van der Waals surface area contributed by atoms with Crippen LogP contribution in [0, 0.1) is 5.82 Å². The summed E-state index contributed by atoms with van der Waals surface area (Å²) in [5.41, 5.74) is 5.77. The van der Waals surface area contributed by atoms with E-state index in [-0.39, 0.29) is 17.6 Å². The molecule has 1 aliphatic carbocycles. The Balaban J connectivity index is 2.01. The van der Waals surface area contributed by atoms with Crippen molar-refractivity contribution in [2.24, 2.45) is 0 Å². The molecule has 1 aliphatic rings. The smallest absolute Gasteiger partial charge is 0.251 e. The van der Waals surface area contributed by atoms with Crippen molar-refractivity contribution in [1.82, 2.24) is 5.32 Å². The van der Waals surface area contributed by atoms with Crippen LogP contribution >= 0.6 is 0 Å². The highest BCUT2D eigenvalue weighted by Gasteiger charge is 2.17. The zero-order valence-corrected chi connectivity index (χ0v) is 9.71. The molecule has 1 aromatic carbocycles. The normalized spacial score (nSPS) is 16.8. The van der Waals surface area contributed by atoms with Gasteiger partial charge in [0.15, 0.2) is 0 Å². The van der Waals surface area contributed by atoms with E-state index in [4.69, 9.17) is 5.73 Å². The van der Waals surface area contributed by atoms with E-state index in [0.717, 1.165) is 25.7 Å². The van der Waals surface area contributed by atoms with Gasteiger partial charge in [0.05, 0.1) is 5.69 Å². The number of benzene rings is 1. The first-order chi connectivity index (χ1) is 8.16. The molecule has 2 rings (SSSR count). The largest absolute Gasteiger partial charge is 0.396 e. The fourth-order valence-electron chi connectivity index (χ4n) is 2.18. The van der Waals surface area contributed by atoms with Crippen LogP contribution in [-0.4, -0.2) is 11.9 Å². The van der Waals surface area contributed by atoms with E-state index in [9.17, 15) is 9.18 Å². The Bertz CT molecular complexity index is 414. The summed E-state index contributed by atoms with van der Waals surface area (Å²) < 4.78 is 13.2. The van der Waals surface area contributed by atoms with E-state index in [2.05, 4.69) is 5.32 Å². The molecule has 4 heteroatoms. The van der Waals surface area contributed by atoms with Gasteiger partial charge in [0.25, 0.3) is 5.91 Å². The molecule has 3 nitrogen and oxygen atoms in total. The Hall–Kier alpha value is -1.58. The Morgan fingerprint density at radius 2 is 2.00 bits per heavy atom. The van der Waals surface area contributed by atoms with E-state index in [1.165, 1.54) is 18.6 Å². The lowest BCUT2D eigenvalue weighted by atomic mass is 9.95. The maximum atomic E-state index is 13.2. The van der Waals surface area contributed by atoms with E-state index in [0.29, 0.717) is 5.56 Å². The Morgan fingerprint density at radius 3 is 2.65 bits per heavy atom. The molecule has 92 valence electrons. The number of hydrogen-bond acceptors (Lipinski definition) is 2. The maximum Gasteiger partial charge on any atom is 0.251 e. The quantitative estimate of drug-likeness (QED) is 0.775. The number of carbonyl (C=O) groups excluding carboxylic acids is 1. The molecule has 0 bridgehead atoms. The minimum atomic E-state index is -0.540. The van der Waals surface area contributed by atoms with Crippen LogP contribution in [0.2, 0.25) is 0 Å². The second-order valence-corrected chi connectivity index (χ2v) is 4.54. The number of rotatable bonds is 2. The molecule has 1 saturated carbocycles. The molecule has 0 radical (unpaired) electrons. The van der Waals surface area contributed by atoms with E-state index < -0.39 is 5.82 Å². The van der Waals surface area contributed by atoms with Crippen LogP contribution in [-0.2, 0) is 0 Å². The topological polar surface area (TPSA) is 55.1 Å². The Morgan fingerprint density at radius 1 is 1.29 bits per heavy atom. The molecule has 0 aromatic heterocycles. The Labute approximate surface area is 100 Å². The van der Waals surface area contributed by atoms with E-state index in [1.54, 1.807) is 6.07 Å². The van der Waals surface area contributed by atoms with Crippen LogP contribution in [0.5, 0.6) is 0 Å². The number of amides is 1. The van der Waals surface area contributed by atoms with Crippen LogP contribution in [0.1, 0.15) is 42.5 Å². The number of carbonyl (C=O) groups is 1. The SMILES string of the molecule is Nc1ccc(C(=O)NC2CCCCC2)cc1F. The van der Waals surface area contributed by atoms with Gasteiger partial charge in [-0.05, 0) is 31.0 Å². The predicted molar refractivity (Wildman–Crippen MR) is 65.2 cm³/mol. The number of nitrogens with two attached hydrogens (primary N) is 1. The van der Waals surface area contributed by atoms with Crippen LogP contribution in [0.25, 0.3) is 0 Å². The fourth-order valence-corrected chi connectivity index (χ4v) is 2.18. The van der Waals surface area contributed by atoms with Gasteiger partial charge in [0.2, 0.25) is 0 Å². The minimum Gasteiger partial charge on any atom is -0.396 e. The monoisotopic (exact) mass is 236 g/mol. The minimum absolute atomic E-state index is 0.0687. The maximum absolute atomic E-state index is 13.2. The summed E-state index contributed by atoms with van der Waals surface area (Å²) in [7, 11) is 0. The highest BCUT2D eigenvalue weighted by atomic mass is 19.1. The molecule has 17 heavy (non-hydrogen) atoms. The van der Waals surface area contributed by atoms with Crippen molar-refractivity contribution in [3.8, 4) is 0 Å². The second kappa shape index (κ2) is 5.17. The van der Waals surface area contributed by atoms with Crippen LogP contribution in [0.3, 0.4) is 0 Å². The van der Waals surface area contributed by atoms with Crippen molar-refractivity contribution in [3.63, 3.8) is 0 Å². The second-order valence-electron chi connectivity index (χ2n) is 4.54. The molecule has 0 atom stereocenters. The zero-order chi connectivity index (χ0) is 12.3. The van der Waals surface area contributed by atoms with Crippen molar-refractivity contribution in [3.05, 3.63) is 29.6 Å². The fraction of sp³-hybridized carbons (Fsp3) is 0.462. The molecular formula is C13H17FN2O. The summed E-state index contributed by atoms with van der Waals surface area (Å²) >= 11 is 0. The van der Waals surface area contributed by atoms with Crippen molar-refractivity contribution in [1.29, 1.82) is 0 Å². The molecule has 0 spiro atoms. The van der Waals surface area contributed by atoms with Crippen LogP contribution in [0.15, 0.2) is 18.2 Å². The molecular weight excluding hydrogens is 219 g/mol. The summed E-state index contributed by atoms with van der Waals surface area (Å²) in [6.07, 6.45) is 5.58. The van der Waals surface area contributed by atoms with E-state index >= 15 is 0 Å². The Kier molecular flexibility index (Phi) is 3.61. The first-order valence-corrected chi connectivity index (χ1v) is 6.02. The number of halogens is 1. The van der Waals surface area contributed by atoms with Gasteiger partial charge in [-0.2, -0.15) is 0 Å². The lowest BCUT2D eigenvalue weighted by molar-refractivity contribution is 0.0927. The summed E-state index contributed by atoms with van der Waals surface area (Å²) in [6.45, 7) is 0. The molecule has 0 unspecified atom stereocenters. The molecule has 1 amide bonds. The van der Waals surface area contributed by atoms with Gasteiger partial charge in [-0.1, -0.05) is 19.3 Å². The summed E-state index contributed by atoms with van der Waals surface area (Å²) in [5, 5.41) is 2.94. The van der Waals surface area contributed by atoms with Crippen molar-refractivity contribution < 1.29 is 9.18 Å². The van der Waals surface area contributed by atoms with Crippen molar-refractivity contribution >= 4 is 11.6 Å². The van der Waals surface area contributed by atoms with Gasteiger partial charge in [-0.25, -0.2) is 4.39 Å². The predicted octanol–water partition coefficient (Wildman–Crippen LogP) is 2.47. The van der Waals surface area contributed by atoms with Gasteiger partial charge in [-0.15, -0.1) is 0 Å². The van der Waals surface area contributed by atoms with Gasteiger partial charge >= 0.3 is 0 Å². The van der Waals surface area contributed by atoms with Crippen LogP contribution in [0.4, 0.5) is 10.1 Å². The number of nitrogen functional groups attached to an aromatic ring is 1. The lowest BCUT2D eigenvalue weighted by Gasteiger charge is -2.22. The van der Waals surface area contributed by atoms with Crippen molar-refractivity contribution in [2.75, 3.05) is 5.73 Å². The molecule has 1 aromatic rings. The van der Waals surface area contributed by atoms with Gasteiger partial charge in [0.1, 0.15) is 5.82 Å². The summed E-state index contributed by atoms with van der Waals surface area (Å²) in [5.74, 6) is -0.753. The number of anilines is 1. The lowest BCUT2D eigenvalue weighted by Crippen LogP contribution is -2.36. The summed E-state index contributed by atoms with van der Waals surface area (Å²) in [6, 6.07) is 4.40. The third-order valence-corrected chi connectivity index (χ3v) is 3.20. The number of nitrogens with one attached hydrogen (secondary N) is 1. The van der Waals surface area contributed by atoms with Gasteiger partial charge in [0, 0.05) is 11.6 Å². The molecule has 3 N–H and O–H groups in total. The van der Waals surface area contributed by atoms with E-state index in [1.807, 2.05) is 0 Å².